The molecule has 17 heavy (non-hydrogen) atoms. The van der Waals surface area contributed by atoms with E-state index in [1.165, 1.54) is 5.17 Å². The smallest absolute Gasteiger partial charge is 0.222 e. The zero-order valence-electron chi connectivity index (χ0n) is 9.62. The number of hydrogen-bond acceptors (Lipinski definition) is 6. The molecule has 0 amide bonds. The second-order valence-corrected chi connectivity index (χ2v) is 5.22. The lowest BCUT2D eigenvalue weighted by Crippen LogP contribution is -2.35. The standard InChI is InChI=1S/C10H13N2O4P/c1-3-8-6-5-7-9(4-2)10(8)11-12-15-17(13,14-11)16-12/h5-7H,3-4H2,1-2H3. The summed E-state index contributed by atoms with van der Waals surface area (Å²) in [5.74, 6) is 0. The fourth-order valence-corrected chi connectivity index (χ4v) is 2.86. The number of aryl methyl sites for hydroxylation is 2. The molecule has 0 N–H and O–H groups in total. The van der Waals surface area contributed by atoms with Crippen molar-refractivity contribution < 1.29 is 18.4 Å². The summed E-state index contributed by atoms with van der Waals surface area (Å²) in [5.41, 5.74) is 3.04. The van der Waals surface area contributed by atoms with Crippen LogP contribution in [0.25, 0.3) is 0 Å². The molecule has 0 aliphatic carbocycles. The van der Waals surface area contributed by atoms with Crippen LogP contribution in [0.2, 0.25) is 0 Å². The molecule has 2 bridgehead atoms. The summed E-state index contributed by atoms with van der Waals surface area (Å²) in [6, 6.07) is 6.01. The van der Waals surface area contributed by atoms with E-state index in [1.807, 2.05) is 18.2 Å². The fourth-order valence-electron chi connectivity index (χ4n) is 1.98. The minimum absolute atomic E-state index is 0.848. The number of phosphoric acid groups is 1. The highest BCUT2D eigenvalue weighted by Crippen LogP contribution is 2.67. The topological polar surface area (TPSA) is 51.2 Å². The Bertz CT molecular complexity index is 475. The van der Waals surface area contributed by atoms with Gasteiger partial charge in [-0.15, -0.1) is 19.0 Å². The van der Waals surface area contributed by atoms with E-state index in [-0.39, 0.29) is 0 Å². The van der Waals surface area contributed by atoms with E-state index in [0.717, 1.165) is 35.0 Å². The Morgan fingerprint density at radius 3 is 2.12 bits per heavy atom. The van der Waals surface area contributed by atoms with E-state index in [1.54, 1.807) is 0 Å². The quantitative estimate of drug-likeness (QED) is 0.775. The van der Waals surface area contributed by atoms with Gasteiger partial charge >= 0.3 is 7.82 Å². The molecule has 0 saturated carbocycles. The molecule has 4 rings (SSSR count). The van der Waals surface area contributed by atoms with Gasteiger partial charge in [0.2, 0.25) is 0 Å². The maximum absolute atomic E-state index is 11.5. The van der Waals surface area contributed by atoms with E-state index in [9.17, 15) is 4.57 Å². The molecule has 0 unspecified atom stereocenters. The lowest BCUT2D eigenvalue weighted by atomic mass is 10.0. The molecule has 3 aliphatic rings. The Kier molecular flexibility index (Phi) is 2.50. The summed E-state index contributed by atoms with van der Waals surface area (Å²) in [6.45, 7) is 4.11. The van der Waals surface area contributed by atoms with Crippen molar-refractivity contribution in [1.29, 1.82) is 0 Å². The monoisotopic (exact) mass is 256 g/mol. The second-order valence-electron chi connectivity index (χ2n) is 3.83. The molecule has 3 heterocycles. The molecule has 6 nitrogen and oxygen atoms in total. The molecular formula is C10H13N2O4P. The van der Waals surface area contributed by atoms with E-state index in [0.29, 0.717) is 0 Å². The van der Waals surface area contributed by atoms with Crippen molar-refractivity contribution >= 4 is 13.5 Å². The maximum Gasteiger partial charge on any atom is 0.538 e. The van der Waals surface area contributed by atoms with Gasteiger partial charge in [0, 0.05) is 0 Å². The summed E-state index contributed by atoms with van der Waals surface area (Å²) in [4.78, 5) is 0. The van der Waals surface area contributed by atoms with Crippen molar-refractivity contribution in [3.8, 4) is 0 Å². The minimum atomic E-state index is -3.33. The highest BCUT2D eigenvalue weighted by molar-refractivity contribution is 7.49. The Hall–Kier alpha value is -0.910. The van der Waals surface area contributed by atoms with Crippen LogP contribution in [0.4, 0.5) is 5.69 Å². The van der Waals surface area contributed by atoms with E-state index < -0.39 is 7.82 Å². The lowest BCUT2D eigenvalue weighted by Gasteiger charge is -2.24. The molecule has 1 aromatic rings. The largest absolute Gasteiger partial charge is 0.538 e. The van der Waals surface area contributed by atoms with Gasteiger partial charge in [-0.2, -0.15) is 0 Å². The summed E-state index contributed by atoms with van der Waals surface area (Å²) in [7, 11) is -3.33. The Morgan fingerprint density at radius 1 is 1.12 bits per heavy atom. The van der Waals surface area contributed by atoms with Gasteiger partial charge in [0.05, 0.1) is 11.0 Å². The Morgan fingerprint density at radius 2 is 1.71 bits per heavy atom. The highest BCUT2D eigenvalue weighted by atomic mass is 31.2. The van der Waals surface area contributed by atoms with Gasteiger partial charge in [-0.05, 0) is 24.0 Å². The summed E-state index contributed by atoms with van der Waals surface area (Å²) in [5, 5.41) is 2.35. The number of anilines is 1. The van der Waals surface area contributed by atoms with Crippen molar-refractivity contribution in [2.24, 2.45) is 0 Å². The number of hydrogen-bond donors (Lipinski definition) is 0. The number of hydrazine groups is 1. The highest BCUT2D eigenvalue weighted by Gasteiger charge is 2.60. The van der Waals surface area contributed by atoms with Crippen LogP contribution in [-0.4, -0.2) is 5.34 Å². The maximum atomic E-state index is 11.5. The molecule has 3 aliphatic heterocycles. The minimum Gasteiger partial charge on any atom is -0.222 e. The van der Waals surface area contributed by atoms with Crippen molar-refractivity contribution in [3.63, 3.8) is 0 Å². The molecule has 1 aromatic carbocycles. The van der Waals surface area contributed by atoms with Crippen LogP contribution in [0.5, 0.6) is 0 Å². The third kappa shape index (κ3) is 1.61. The zero-order chi connectivity index (χ0) is 12.0. The SMILES string of the molecule is CCc1cccc(CC)c1N1OP2(=O)ON1O2. The summed E-state index contributed by atoms with van der Waals surface area (Å²) in [6.07, 6.45) is 1.70. The molecule has 92 valence electrons. The van der Waals surface area contributed by atoms with Crippen LogP contribution in [0.15, 0.2) is 18.2 Å². The van der Waals surface area contributed by atoms with E-state index >= 15 is 0 Å². The summed E-state index contributed by atoms with van der Waals surface area (Å²) >= 11 is 0. The first-order valence-corrected chi connectivity index (χ1v) is 7.03. The summed E-state index contributed by atoms with van der Waals surface area (Å²) < 4.78 is 26.4. The second kappa shape index (κ2) is 3.80. The molecule has 0 spiro atoms. The number of benzene rings is 1. The van der Waals surface area contributed by atoms with Gasteiger partial charge in [0.15, 0.2) is 0 Å². The third-order valence-electron chi connectivity index (χ3n) is 2.82. The van der Waals surface area contributed by atoms with Gasteiger partial charge < -0.3 is 0 Å². The zero-order valence-corrected chi connectivity index (χ0v) is 10.5. The first kappa shape index (κ1) is 11.2. The van der Waals surface area contributed by atoms with E-state index in [4.69, 9.17) is 13.9 Å². The van der Waals surface area contributed by atoms with Crippen molar-refractivity contribution in [2.75, 3.05) is 5.17 Å². The predicted octanol–water partition coefficient (Wildman–Crippen LogP) is 2.76. The predicted molar refractivity (Wildman–Crippen MR) is 60.4 cm³/mol. The van der Waals surface area contributed by atoms with Crippen LogP contribution in [0.1, 0.15) is 25.0 Å². The number of para-hydroxylation sites is 1. The van der Waals surface area contributed by atoms with Crippen LogP contribution < -0.4 is 5.17 Å². The van der Waals surface area contributed by atoms with Gasteiger partial charge in [-0.25, -0.2) is 4.57 Å². The van der Waals surface area contributed by atoms with Gasteiger partial charge in [-0.3, -0.25) is 0 Å². The molecular weight excluding hydrogens is 243 g/mol. The molecule has 3 fully saturated rings. The van der Waals surface area contributed by atoms with E-state index in [2.05, 4.69) is 13.8 Å². The Labute approximate surface area is 99.1 Å². The van der Waals surface area contributed by atoms with Crippen LogP contribution >= 0.6 is 7.82 Å². The first-order valence-electron chi connectivity index (χ1n) is 5.57. The molecule has 3 saturated heterocycles. The average molecular weight is 256 g/mol. The normalized spacial score (nSPS) is 30.5. The lowest BCUT2D eigenvalue weighted by molar-refractivity contribution is -0.318. The van der Waals surface area contributed by atoms with Crippen LogP contribution in [0, 0.1) is 0 Å². The van der Waals surface area contributed by atoms with Gasteiger partial charge in [0.25, 0.3) is 0 Å². The fraction of sp³-hybridized carbons (Fsp3) is 0.400. The van der Waals surface area contributed by atoms with Crippen LogP contribution in [-0.2, 0) is 31.3 Å². The van der Waals surface area contributed by atoms with Gasteiger partial charge in [0.1, 0.15) is 0 Å². The molecule has 7 heteroatoms. The first-order chi connectivity index (χ1) is 8.17. The average Bonchev–Trinajstić information content (AvgIpc) is 2.80. The van der Waals surface area contributed by atoms with Crippen LogP contribution in [0.3, 0.4) is 0 Å². The van der Waals surface area contributed by atoms with Crippen molar-refractivity contribution in [2.45, 2.75) is 26.7 Å². The third-order valence-corrected chi connectivity index (χ3v) is 3.86. The van der Waals surface area contributed by atoms with Crippen molar-refractivity contribution in [3.05, 3.63) is 29.3 Å². The number of nitrogens with zero attached hydrogens (tertiary/aromatic N) is 2. The molecule has 0 radical (unpaired) electrons. The van der Waals surface area contributed by atoms with Gasteiger partial charge in [-0.1, -0.05) is 32.0 Å². The molecule has 0 atom stereocenters. The molecule has 0 aromatic heterocycles. The number of rotatable bonds is 3. The Balaban J connectivity index is 2.04. The number of fused-ring (bicyclic) bond motifs is 1. The van der Waals surface area contributed by atoms with Crippen molar-refractivity contribution in [1.82, 2.24) is 5.34 Å².